The Kier molecular flexibility index (Phi) is 10.7. The summed E-state index contributed by atoms with van der Waals surface area (Å²) in [6.45, 7) is 12.9. The van der Waals surface area contributed by atoms with Crippen molar-refractivity contribution in [1.82, 2.24) is 0 Å². The molecule has 1 unspecified atom stereocenters. The number of rotatable bonds is 6. The predicted molar refractivity (Wildman–Crippen MR) is 192 cm³/mol. The fourth-order valence-corrected chi connectivity index (χ4v) is 13.4. The van der Waals surface area contributed by atoms with Gasteiger partial charge in [0.15, 0.2) is 18.4 Å². The standard InChI is InChI=1S/C39H62O15S/c1-17-9-12-39(48-16-17)18(2)28-26(53-39)15-25-23-8-7-21-13-22(40)14-27(38(21,6)24(23)10-11-37(25,28)5)51-36-34(32(44)33(20(4)50-36)54-55(45,46)47)52-35-31(43)30(42)29(41)19(3)49-35/h7,17-20,22-36,40-44H,8-16H2,1-6H3,(H,45,46,47)/t17-,18+,19+,20-,22+,23-,24+,25+,26+,27+,28?,29+,30-,31-,32+,33+,34-,35+,36+,37+,38+,39-/m1/s1. The summed E-state index contributed by atoms with van der Waals surface area (Å²) in [4.78, 5) is 0. The minimum Gasteiger partial charge on any atom is -0.393 e. The van der Waals surface area contributed by atoms with E-state index in [-0.39, 0.29) is 29.8 Å². The molecule has 8 rings (SSSR count). The predicted octanol–water partition coefficient (Wildman–Crippen LogP) is 2.22. The molecular weight excluding hydrogens is 740 g/mol. The van der Waals surface area contributed by atoms with Crippen LogP contribution in [-0.2, 0) is 43.0 Å². The van der Waals surface area contributed by atoms with Crippen molar-refractivity contribution in [1.29, 1.82) is 0 Å². The molecule has 0 amide bonds. The summed E-state index contributed by atoms with van der Waals surface area (Å²) >= 11 is 0. The topological polar surface area (TPSA) is 220 Å². The van der Waals surface area contributed by atoms with Gasteiger partial charge in [0, 0.05) is 24.2 Å². The van der Waals surface area contributed by atoms with E-state index in [1.165, 1.54) is 13.8 Å². The normalized spacial score (nSPS) is 56.7. The molecule has 6 N–H and O–H groups in total. The van der Waals surface area contributed by atoms with Gasteiger partial charge in [0.05, 0.1) is 37.1 Å². The maximum atomic E-state index is 11.8. The third kappa shape index (κ3) is 6.70. The van der Waals surface area contributed by atoms with Crippen molar-refractivity contribution >= 4 is 10.4 Å². The third-order valence-electron chi connectivity index (χ3n) is 15.8. The molecule has 4 aliphatic carbocycles. The van der Waals surface area contributed by atoms with Crippen LogP contribution in [0.25, 0.3) is 0 Å². The highest BCUT2D eigenvalue weighted by molar-refractivity contribution is 7.80. The maximum Gasteiger partial charge on any atom is 0.397 e. The van der Waals surface area contributed by atoms with E-state index in [9.17, 15) is 38.5 Å². The van der Waals surface area contributed by atoms with E-state index in [1.807, 2.05) is 0 Å². The number of fused-ring (bicyclic) bond motifs is 7. The first-order valence-electron chi connectivity index (χ1n) is 20.5. The highest BCUT2D eigenvalue weighted by atomic mass is 32.3. The van der Waals surface area contributed by atoms with Crippen LogP contribution in [0.1, 0.15) is 92.9 Å². The molecule has 0 aromatic heterocycles. The van der Waals surface area contributed by atoms with Crippen molar-refractivity contribution in [3.63, 3.8) is 0 Å². The molecular formula is C39H62O15S. The van der Waals surface area contributed by atoms with Crippen molar-refractivity contribution in [3.8, 4) is 0 Å². The van der Waals surface area contributed by atoms with Crippen LogP contribution in [0, 0.1) is 46.3 Å². The van der Waals surface area contributed by atoms with E-state index in [0.717, 1.165) is 50.7 Å². The van der Waals surface area contributed by atoms with Crippen molar-refractivity contribution < 1.29 is 71.1 Å². The van der Waals surface area contributed by atoms with Crippen LogP contribution in [0.2, 0.25) is 0 Å². The molecule has 22 atom stereocenters. The molecule has 0 aromatic carbocycles. The quantitative estimate of drug-likeness (QED) is 0.168. The zero-order valence-electron chi connectivity index (χ0n) is 32.7. The molecule has 314 valence electrons. The molecule has 55 heavy (non-hydrogen) atoms. The summed E-state index contributed by atoms with van der Waals surface area (Å²) in [5.41, 5.74) is 0.632. The first-order chi connectivity index (χ1) is 25.8. The molecule has 4 saturated heterocycles. The first kappa shape index (κ1) is 40.9. The largest absolute Gasteiger partial charge is 0.397 e. The number of hydrogen-bond acceptors (Lipinski definition) is 14. The van der Waals surface area contributed by atoms with Gasteiger partial charge in [0.25, 0.3) is 0 Å². The Morgan fingerprint density at radius 1 is 0.818 bits per heavy atom. The van der Waals surface area contributed by atoms with Crippen molar-refractivity contribution in [2.45, 2.75) is 178 Å². The van der Waals surface area contributed by atoms with Crippen LogP contribution >= 0.6 is 0 Å². The van der Waals surface area contributed by atoms with Gasteiger partial charge in [-0.25, -0.2) is 4.18 Å². The molecule has 4 aliphatic heterocycles. The molecule has 16 heteroatoms. The number of allylic oxidation sites excluding steroid dienone is 1. The van der Waals surface area contributed by atoms with Crippen molar-refractivity contribution in [2.24, 2.45) is 46.3 Å². The van der Waals surface area contributed by atoms with Crippen LogP contribution in [-0.4, -0.2) is 131 Å². The molecule has 3 saturated carbocycles. The van der Waals surface area contributed by atoms with Gasteiger partial charge < -0.3 is 54.0 Å². The molecule has 0 bridgehead atoms. The summed E-state index contributed by atoms with van der Waals surface area (Å²) in [5, 5.41) is 54.5. The third-order valence-corrected chi connectivity index (χ3v) is 16.3. The Morgan fingerprint density at radius 2 is 1.55 bits per heavy atom. The number of hydrogen-bond donors (Lipinski definition) is 6. The Hall–Kier alpha value is -0.830. The zero-order chi connectivity index (χ0) is 39.6. The Labute approximate surface area is 323 Å². The lowest BCUT2D eigenvalue weighted by molar-refractivity contribution is -0.370. The van der Waals surface area contributed by atoms with Gasteiger partial charge in [0.2, 0.25) is 0 Å². The SMILES string of the molecule is C[C@@H]1CC[C@@]2(OC1)O[C@H]1C[C@H]3[C@@H]4CC=C5C[C@H](O)C[C@H](O[C@@H]6O[C@H](C)[C@H](OS(=O)(=O)O)[C@H](O)[C@H]6O[C@@H]6O[C@@H](C)[C@H](O)[C@@H](O)[C@H]6O)[C@]5(C)[C@H]4CC[C@]3(C)C1[C@@H]2C. The first-order valence-corrected chi connectivity index (χ1v) is 21.8. The zero-order valence-corrected chi connectivity index (χ0v) is 33.5. The van der Waals surface area contributed by atoms with E-state index in [4.69, 9.17) is 32.6 Å². The molecule has 0 radical (unpaired) electrons. The van der Waals surface area contributed by atoms with Crippen molar-refractivity contribution in [3.05, 3.63) is 11.6 Å². The average Bonchev–Trinajstić information content (AvgIpc) is 3.56. The second-order valence-corrected chi connectivity index (χ2v) is 19.9. The van der Waals surface area contributed by atoms with Gasteiger partial charge in [-0.05, 0) is 87.4 Å². The monoisotopic (exact) mass is 802 g/mol. The Morgan fingerprint density at radius 3 is 2.24 bits per heavy atom. The molecule has 0 aromatic rings. The van der Waals surface area contributed by atoms with Crippen LogP contribution in [0.4, 0.5) is 0 Å². The second kappa shape index (κ2) is 14.4. The summed E-state index contributed by atoms with van der Waals surface area (Å²) < 4.78 is 76.3. The molecule has 15 nitrogen and oxygen atoms in total. The van der Waals surface area contributed by atoms with Crippen LogP contribution in [0.15, 0.2) is 11.6 Å². The van der Waals surface area contributed by atoms with Gasteiger partial charge in [-0.3, -0.25) is 4.55 Å². The minimum absolute atomic E-state index is 0.0660. The van der Waals surface area contributed by atoms with Gasteiger partial charge in [0.1, 0.15) is 36.6 Å². The maximum absolute atomic E-state index is 11.8. The van der Waals surface area contributed by atoms with E-state index in [0.29, 0.717) is 30.1 Å². The number of aliphatic hydroxyl groups excluding tert-OH is 5. The summed E-state index contributed by atoms with van der Waals surface area (Å²) in [6, 6.07) is 0. The lowest BCUT2D eigenvalue weighted by Crippen LogP contribution is -2.65. The molecule has 4 heterocycles. The van der Waals surface area contributed by atoms with E-state index < -0.39 is 95.2 Å². The van der Waals surface area contributed by atoms with Crippen molar-refractivity contribution in [2.75, 3.05) is 6.61 Å². The highest BCUT2D eigenvalue weighted by Crippen LogP contribution is 2.71. The average molecular weight is 803 g/mol. The second-order valence-electron chi connectivity index (χ2n) is 18.8. The molecule has 1 spiro atoms. The van der Waals surface area contributed by atoms with E-state index >= 15 is 0 Å². The lowest BCUT2D eigenvalue weighted by atomic mass is 9.46. The van der Waals surface area contributed by atoms with Crippen LogP contribution < -0.4 is 0 Å². The summed E-state index contributed by atoms with van der Waals surface area (Å²) in [5.74, 6) is 1.63. The Bertz CT molecular complexity index is 1570. The lowest BCUT2D eigenvalue weighted by Gasteiger charge is -2.60. The summed E-state index contributed by atoms with van der Waals surface area (Å²) in [6.07, 6.45) is -7.23. The van der Waals surface area contributed by atoms with Gasteiger partial charge >= 0.3 is 10.4 Å². The fourth-order valence-electron chi connectivity index (χ4n) is 12.9. The minimum atomic E-state index is -5.05. The molecule has 7 fully saturated rings. The Balaban J connectivity index is 1.07. The van der Waals surface area contributed by atoms with Gasteiger partial charge in [-0.2, -0.15) is 8.42 Å². The van der Waals surface area contributed by atoms with Crippen LogP contribution in [0.5, 0.6) is 0 Å². The van der Waals surface area contributed by atoms with Gasteiger partial charge in [-0.15, -0.1) is 0 Å². The molecule has 8 aliphatic rings. The highest BCUT2D eigenvalue weighted by Gasteiger charge is 2.69. The van der Waals surface area contributed by atoms with E-state index in [1.54, 1.807) is 0 Å². The smallest absolute Gasteiger partial charge is 0.393 e. The van der Waals surface area contributed by atoms with Gasteiger partial charge in [-0.1, -0.05) is 39.3 Å². The summed E-state index contributed by atoms with van der Waals surface area (Å²) in [7, 11) is -5.05. The fraction of sp³-hybridized carbons (Fsp3) is 0.949. The van der Waals surface area contributed by atoms with E-state index in [2.05, 4.69) is 33.8 Å². The number of aliphatic hydroxyl groups is 5. The van der Waals surface area contributed by atoms with Crippen LogP contribution in [0.3, 0.4) is 0 Å². The number of ether oxygens (including phenoxy) is 6.